The fourth-order valence-corrected chi connectivity index (χ4v) is 4.12. The molecule has 0 bridgehead atoms. The minimum atomic E-state index is -1.08. The van der Waals surface area contributed by atoms with E-state index in [1.165, 1.54) is 21.3 Å². The van der Waals surface area contributed by atoms with E-state index in [4.69, 9.17) is 14.2 Å². The van der Waals surface area contributed by atoms with Gasteiger partial charge in [0.15, 0.2) is 17.3 Å². The highest BCUT2D eigenvalue weighted by Crippen LogP contribution is 2.40. The smallest absolute Gasteiger partial charge is 0.231 e. The number of hydrogen-bond acceptors (Lipinski definition) is 6. The SMILES string of the molecule is CO/C(=C(/O)C(=O)c1ccccc1C1(O)CCCCC1)c1cccc(OC)c1OC. The summed E-state index contributed by atoms with van der Waals surface area (Å²) in [6, 6.07) is 12.0. The van der Waals surface area contributed by atoms with E-state index in [-0.39, 0.29) is 11.3 Å². The normalized spacial score (nSPS) is 16.4. The summed E-state index contributed by atoms with van der Waals surface area (Å²) < 4.78 is 16.1. The lowest BCUT2D eigenvalue weighted by Gasteiger charge is -2.33. The molecule has 2 N–H and O–H groups in total. The van der Waals surface area contributed by atoms with Crippen LogP contribution in [0.4, 0.5) is 0 Å². The molecule has 30 heavy (non-hydrogen) atoms. The third kappa shape index (κ3) is 4.00. The van der Waals surface area contributed by atoms with Crippen molar-refractivity contribution in [3.8, 4) is 11.5 Å². The van der Waals surface area contributed by atoms with Crippen LogP contribution >= 0.6 is 0 Å². The number of ether oxygens (including phenoxy) is 3. The van der Waals surface area contributed by atoms with Crippen molar-refractivity contribution in [3.63, 3.8) is 0 Å². The molecular weight excluding hydrogens is 384 g/mol. The molecule has 3 rings (SSSR count). The van der Waals surface area contributed by atoms with E-state index >= 15 is 0 Å². The molecule has 0 spiro atoms. The van der Waals surface area contributed by atoms with Gasteiger partial charge in [0.25, 0.3) is 0 Å². The Kier molecular flexibility index (Phi) is 6.67. The number of allylic oxidation sites excluding steroid dienone is 1. The molecule has 160 valence electrons. The summed E-state index contributed by atoms with van der Waals surface area (Å²) in [6.07, 6.45) is 4.02. The van der Waals surface area contributed by atoms with Gasteiger partial charge in [-0.15, -0.1) is 0 Å². The third-order valence-corrected chi connectivity index (χ3v) is 5.64. The standard InChI is InChI=1S/C24H28O6/c1-28-19-13-9-11-17(22(19)29-2)23(30-3)21(26)20(25)16-10-5-6-12-18(16)24(27)14-7-4-8-15-24/h5-6,9-13,26-27H,4,7-8,14-15H2,1-3H3/b23-21+. The van der Waals surface area contributed by atoms with E-state index in [0.717, 1.165) is 19.3 Å². The molecule has 1 aliphatic carbocycles. The Morgan fingerprint density at radius 3 is 2.20 bits per heavy atom. The topological polar surface area (TPSA) is 85.2 Å². The predicted molar refractivity (Wildman–Crippen MR) is 114 cm³/mol. The minimum absolute atomic E-state index is 0.0267. The molecule has 6 nitrogen and oxygen atoms in total. The number of hydrogen-bond donors (Lipinski definition) is 2. The molecule has 1 aliphatic rings. The van der Waals surface area contributed by atoms with Gasteiger partial charge >= 0.3 is 0 Å². The van der Waals surface area contributed by atoms with Gasteiger partial charge in [-0.3, -0.25) is 4.79 Å². The Bertz CT molecular complexity index is 940. The number of benzene rings is 2. The third-order valence-electron chi connectivity index (χ3n) is 5.64. The van der Waals surface area contributed by atoms with E-state index in [1.807, 2.05) is 0 Å². The van der Waals surface area contributed by atoms with Crippen molar-refractivity contribution in [2.24, 2.45) is 0 Å². The number of rotatable bonds is 7. The number of carbonyl (C=O) groups is 1. The summed E-state index contributed by atoms with van der Waals surface area (Å²) in [7, 11) is 4.35. The van der Waals surface area contributed by atoms with Crippen LogP contribution < -0.4 is 9.47 Å². The molecule has 0 amide bonds. The summed E-state index contributed by atoms with van der Waals surface area (Å²) in [6.45, 7) is 0. The second kappa shape index (κ2) is 9.22. The van der Waals surface area contributed by atoms with Crippen molar-refractivity contribution < 1.29 is 29.2 Å². The number of carbonyl (C=O) groups excluding carboxylic acids is 1. The fourth-order valence-electron chi connectivity index (χ4n) is 4.12. The van der Waals surface area contributed by atoms with Crippen molar-refractivity contribution in [1.82, 2.24) is 0 Å². The Balaban J connectivity index is 2.10. The van der Waals surface area contributed by atoms with Crippen molar-refractivity contribution in [1.29, 1.82) is 0 Å². The van der Waals surface area contributed by atoms with Crippen LogP contribution in [0.25, 0.3) is 5.76 Å². The average molecular weight is 412 g/mol. The van der Waals surface area contributed by atoms with Crippen LogP contribution in [0, 0.1) is 0 Å². The highest BCUT2D eigenvalue weighted by atomic mass is 16.5. The zero-order valence-electron chi connectivity index (χ0n) is 17.6. The summed E-state index contributed by atoms with van der Waals surface area (Å²) in [5, 5.41) is 22.1. The molecule has 0 aromatic heterocycles. The number of aliphatic hydroxyl groups excluding tert-OH is 1. The van der Waals surface area contributed by atoms with E-state index in [1.54, 1.807) is 42.5 Å². The first-order chi connectivity index (χ1) is 14.5. The van der Waals surface area contributed by atoms with Gasteiger partial charge in [-0.25, -0.2) is 0 Å². The number of para-hydroxylation sites is 1. The van der Waals surface area contributed by atoms with Crippen molar-refractivity contribution in [2.75, 3.05) is 21.3 Å². The molecule has 1 saturated carbocycles. The first-order valence-electron chi connectivity index (χ1n) is 10.0. The molecule has 2 aromatic carbocycles. The van der Waals surface area contributed by atoms with Crippen LogP contribution in [-0.4, -0.2) is 37.3 Å². The Morgan fingerprint density at radius 2 is 1.57 bits per heavy atom. The number of Topliss-reactive ketones (excluding diaryl/α,β-unsaturated/α-hetero) is 1. The first kappa shape index (κ1) is 21.7. The summed E-state index contributed by atoms with van der Waals surface area (Å²) in [5.41, 5.74) is 0.107. The number of ketones is 1. The highest BCUT2D eigenvalue weighted by molar-refractivity contribution is 6.12. The van der Waals surface area contributed by atoms with Crippen LogP contribution in [0.5, 0.6) is 11.5 Å². The van der Waals surface area contributed by atoms with Gasteiger partial charge in [-0.1, -0.05) is 49.6 Å². The molecule has 0 radical (unpaired) electrons. The van der Waals surface area contributed by atoms with E-state index in [2.05, 4.69) is 0 Å². The Labute approximate surface area is 176 Å². The van der Waals surface area contributed by atoms with Crippen LogP contribution in [0.1, 0.15) is 53.6 Å². The van der Waals surface area contributed by atoms with Crippen molar-refractivity contribution >= 4 is 11.5 Å². The largest absolute Gasteiger partial charge is 0.502 e. The summed E-state index contributed by atoms with van der Waals surface area (Å²) in [4.78, 5) is 13.3. The lowest BCUT2D eigenvalue weighted by Crippen LogP contribution is -2.30. The molecule has 0 atom stereocenters. The number of methoxy groups -OCH3 is 3. The summed E-state index contributed by atoms with van der Waals surface area (Å²) in [5.74, 6) is -0.416. The highest BCUT2D eigenvalue weighted by Gasteiger charge is 2.35. The van der Waals surface area contributed by atoms with Crippen LogP contribution in [0.15, 0.2) is 48.2 Å². The molecular formula is C24H28O6. The van der Waals surface area contributed by atoms with Crippen LogP contribution in [-0.2, 0) is 10.3 Å². The van der Waals surface area contributed by atoms with E-state index < -0.39 is 17.1 Å². The van der Waals surface area contributed by atoms with Crippen molar-refractivity contribution in [3.05, 3.63) is 64.9 Å². The lowest BCUT2D eigenvalue weighted by molar-refractivity contribution is -0.00133. The summed E-state index contributed by atoms with van der Waals surface area (Å²) >= 11 is 0. The molecule has 2 aromatic rings. The second-order valence-electron chi connectivity index (χ2n) is 7.39. The Morgan fingerprint density at radius 1 is 0.900 bits per heavy atom. The van der Waals surface area contributed by atoms with Gasteiger partial charge in [0.1, 0.15) is 0 Å². The maximum Gasteiger partial charge on any atom is 0.231 e. The second-order valence-corrected chi connectivity index (χ2v) is 7.39. The van der Waals surface area contributed by atoms with Gasteiger partial charge in [0, 0.05) is 5.56 Å². The Hall–Kier alpha value is -2.99. The average Bonchev–Trinajstić information content (AvgIpc) is 2.79. The van der Waals surface area contributed by atoms with Gasteiger partial charge in [-0.2, -0.15) is 0 Å². The zero-order valence-corrected chi connectivity index (χ0v) is 17.6. The van der Waals surface area contributed by atoms with Gasteiger partial charge in [0.05, 0.1) is 32.5 Å². The molecule has 0 aliphatic heterocycles. The fraction of sp³-hybridized carbons (Fsp3) is 0.375. The predicted octanol–water partition coefficient (Wildman–Crippen LogP) is 4.61. The molecule has 0 heterocycles. The van der Waals surface area contributed by atoms with Gasteiger partial charge in [-0.05, 0) is 30.5 Å². The maximum atomic E-state index is 13.3. The zero-order chi connectivity index (χ0) is 21.7. The molecule has 1 fully saturated rings. The van der Waals surface area contributed by atoms with Crippen molar-refractivity contribution in [2.45, 2.75) is 37.7 Å². The van der Waals surface area contributed by atoms with Gasteiger partial charge in [0.2, 0.25) is 11.5 Å². The van der Waals surface area contributed by atoms with Gasteiger partial charge < -0.3 is 24.4 Å². The molecule has 0 unspecified atom stereocenters. The quantitative estimate of drug-likeness (QED) is 0.392. The minimum Gasteiger partial charge on any atom is -0.502 e. The lowest BCUT2D eigenvalue weighted by atomic mass is 9.77. The van der Waals surface area contributed by atoms with Crippen LogP contribution in [0.2, 0.25) is 0 Å². The number of aliphatic hydroxyl groups is 2. The maximum absolute atomic E-state index is 13.3. The molecule has 0 saturated heterocycles. The first-order valence-corrected chi connectivity index (χ1v) is 10.0. The van der Waals surface area contributed by atoms with E-state index in [0.29, 0.717) is 35.5 Å². The van der Waals surface area contributed by atoms with Crippen LogP contribution in [0.3, 0.4) is 0 Å². The van der Waals surface area contributed by atoms with E-state index in [9.17, 15) is 15.0 Å². The monoisotopic (exact) mass is 412 g/mol. The molecule has 6 heteroatoms.